The lowest BCUT2D eigenvalue weighted by molar-refractivity contribution is 0.355. The Hall–Kier alpha value is -3.73. The van der Waals surface area contributed by atoms with Gasteiger partial charge in [-0.25, -0.2) is 0 Å². The number of rotatable bonds is 9. The molecule has 0 atom stereocenters. The number of thioether (sulfide) groups is 1. The molecule has 0 fully saturated rings. The Morgan fingerprint density at radius 2 is 1.66 bits per heavy atom. The van der Waals surface area contributed by atoms with E-state index < -0.39 is 0 Å². The molecular weight excluding hydrogens is 436 g/mol. The van der Waals surface area contributed by atoms with E-state index in [0.29, 0.717) is 57.1 Å². The Labute approximate surface area is 187 Å². The summed E-state index contributed by atoms with van der Waals surface area (Å²) in [7, 11) is 6.30. The highest BCUT2D eigenvalue weighted by atomic mass is 32.2. The zero-order valence-electron chi connectivity index (χ0n) is 17.8. The molecular formula is C21H20N4O6S. The van der Waals surface area contributed by atoms with Crippen LogP contribution in [-0.2, 0) is 5.75 Å². The fourth-order valence-corrected chi connectivity index (χ4v) is 3.48. The molecule has 166 valence electrons. The first-order valence-corrected chi connectivity index (χ1v) is 10.4. The van der Waals surface area contributed by atoms with E-state index in [-0.39, 0.29) is 0 Å². The van der Waals surface area contributed by atoms with Crippen molar-refractivity contribution in [2.24, 2.45) is 0 Å². The summed E-state index contributed by atoms with van der Waals surface area (Å²) in [4.78, 5) is 4.42. The van der Waals surface area contributed by atoms with Gasteiger partial charge in [-0.15, -0.1) is 10.2 Å². The van der Waals surface area contributed by atoms with Crippen LogP contribution in [0.3, 0.4) is 0 Å². The molecule has 4 aromatic rings. The highest BCUT2D eigenvalue weighted by Crippen LogP contribution is 2.35. The van der Waals surface area contributed by atoms with Crippen molar-refractivity contribution >= 4 is 11.8 Å². The molecule has 0 bridgehead atoms. The summed E-state index contributed by atoms with van der Waals surface area (Å²) in [6, 6.07) is 10.7. The number of hydrogen-bond acceptors (Lipinski definition) is 11. The molecule has 10 nitrogen and oxygen atoms in total. The third-order valence-corrected chi connectivity index (χ3v) is 5.28. The largest absolute Gasteiger partial charge is 0.497 e. The Morgan fingerprint density at radius 1 is 0.844 bits per heavy atom. The van der Waals surface area contributed by atoms with Gasteiger partial charge in [-0.2, -0.15) is 4.98 Å². The number of methoxy groups -OCH3 is 4. The van der Waals surface area contributed by atoms with Gasteiger partial charge in [0.25, 0.3) is 11.1 Å². The molecule has 2 aromatic carbocycles. The fraction of sp³-hybridized carbons (Fsp3) is 0.238. The number of hydrogen-bond donors (Lipinski definition) is 0. The van der Waals surface area contributed by atoms with E-state index in [4.69, 9.17) is 27.9 Å². The third-order valence-electron chi connectivity index (χ3n) is 4.47. The van der Waals surface area contributed by atoms with Crippen LogP contribution in [0, 0.1) is 0 Å². The van der Waals surface area contributed by atoms with Crippen molar-refractivity contribution in [3.63, 3.8) is 0 Å². The Kier molecular flexibility index (Phi) is 6.45. The van der Waals surface area contributed by atoms with Crippen molar-refractivity contribution in [1.82, 2.24) is 20.3 Å². The van der Waals surface area contributed by atoms with Crippen LogP contribution in [0.5, 0.6) is 23.0 Å². The number of ether oxygens (including phenoxy) is 4. The molecule has 0 aliphatic rings. The first kappa shape index (κ1) is 21.5. The zero-order valence-corrected chi connectivity index (χ0v) is 18.6. The first-order valence-electron chi connectivity index (χ1n) is 9.38. The first-order chi connectivity index (χ1) is 15.6. The average Bonchev–Trinajstić information content (AvgIpc) is 3.51. The predicted octanol–water partition coefficient (Wildman–Crippen LogP) is 4.11. The van der Waals surface area contributed by atoms with Crippen LogP contribution in [0.4, 0.5) is 0 Å². The number of aromatic nitrogens is 4. The van der Waals surface area contributed by atoms with Crippen LogP contribution in [0.15, 0.2) is 50.6 Å². The average molecular weight is 456 g/mol. The van der Waals surface area contributed by atoms with E-state index in [1.165, 1.54) is 11.8 Å². The highest BCUT2D eigenvalue weighted by Gasteiger charge is 2.17. The van der Waals surface area contributed by atoms with E-state index in [9.17, 15) is 0 Å². The van der Waals surface area contributed by atoms with Crippen molar-refractivity contribution in [2.45, 2.75) is 11.0 Å². The van der Waals surface area contributed by atoms with Gasteiger partial charge in [0.2, 0.25) is 11.7 Å². The molecule has 0 radical (unpaired) electrons. The summed E-state index contributed by atoms with van der Waals surface area (Å²) in [6.45, 7) is 0. The van der Waals surface area contributed by atoms with Gasteiger partial charge < -0.3 is 27.9 Å². The molecule has 0 spiro atoms. The zero-order chi connectivity index (χ0) is 22.5. The summed E-state index contributed by atoms with van der Waals surface area (Å²) in [5.41, 5.74) is 1.41. The van der Waals surface area contributed by atoms with Crippen molar-refractivity contribution in [2.75, 3.05) is 28.4 Å². The maximum Gasteiger partial charge on any atom is 0.277 e. The third kappa shape index (κ3) is 4.47. The molecule has 11 heteroatoms. The molecule has 0 amide bonds. The Balaban J connectivity index is 1.45. The second-order valence-electron chi connectivity index (χ2n) is 6.31. The van der Waals surface area contributed by atoms with Gasteiger partial charge >= 0.3 is 0 Å². The van der Waals surface area contributed by atoms with E-state index in [2.05, 4.69) is 20.3 Å². The normalized spacial score (nSPS) is 10.8. The monoisotopic (exact) mass is 456 g/mol. The van der Waals surface area contributed by atoms with Gasteiger partial charge in [0, 0.05) is 11.6 Å². The van der Waals surface area contributed by atoms with Gasteiger partial charge in [-0.05, 0) is 30.3 Å². The van der Waals surface area contributed by atoms with Crippen LogP contribution in [0.2, 0.25) is 0 Å². The standard InChI is InChI=1S/C21H20N4O6S/c1-26-13-6-7-14(16(10-13)28-3)20-23-24-21(30-20)32-11-18-22-19(25-31-18)12-5-8-15(27-2)17(9-12)29-4/h5-10H,11H2,1-4H3. The van der Waals surface area contributed by atoms with Gasteiger partial charge in [0.05, 0.1) is 39.8 Å². The lowest BCUT2D eigenvalue weighted by Crippen LogP contribution is -1.91. The van der Waals surface area contributed by atoms with E-state index in [0.717, 1.165) is 5.56 Å². The minimum absolute atomic E-state index is 0.337. The molecule has 0 aliphatic heterocycles. The SMILES string of the molecule is COc1ccc(-c2nnc(SCc3nc(-c4ccc(OC)c(OC)c4)no3)o2)c(OC)c1. The van der Waals surface area contributed by atoms with Crippen LogP contribution in [0.1, 0.15) is 5.89 Å². The molecule has 0 saturated carbocycles. The van der Waals surface area contributed by atoms with Crippen molar-refractivity contribution in [3.05, 3.63) is 42.3 Å². The maximum absolute atomic E-state index is 5.75. The molecule has 0 N–H and O–H groups in total. The lowest BCUT2D eigenvalue weighted by Gasteiger charge is -2.07. The lowest BCUT2D eigenvalue weighted by atomic mass is 10.2. The highest BCUT2D eigenvalue weighted by molar-refractivity contribution is 7.98. The van der Waals surface area contributed by atoms with Crippen molar-refractivity contribution < 1.29 is 27.9 Å². The molecule has 32 heavy (non-hydrogen) atoms. The molecule has 0 aliphatic carbocycles. The molecule has 4 rings (SSSR count). The molecule has 0 unspecified atom stereocenters. The summed E-state index contributed by atoms with van der Waals surface area (Å²) in [5.74, 6) is 4.00. The van der Waals surface area contributed by atoms with Gasteiger partial charge in [0.1, 0.15) is 11.5 Å². The second-order valence-corrected chi connectivity index (χ2v) is 7.24. The van der Waals surface area contributed by atoms with Crippen molar-refractivity contribution in [3.8, 4) is 45.8 Å². The topological polar surface area (TPSA) is 115 Å². The minimum atomic E-state index is 0.337. The van der Waals surface area contributed by atoms with Crippen LogP contribution in [0.25, 0.3) is 22.8 Å². The summed E-state index contributed by atoms with van der Waals surface area (Å²) in [6.07, 6.45) is 0. The Morgan fingerprint density at radius 3 is 2.41 bits per heavy atom. The quantitative estimate of drug-likeness (QED) is 0.339. The van der Waals surface area contributed by atoms with Gasteiger partial charge in [-0.3, -0.25) is 0 Å². The fourth-order valence-electron chi connectivity index (χ4n) is 2.88. The maximum atomic E-state index is 5.75. The van der Waals surface area contributed by atoms with E-state index in [1.807, 2.05) is 6.07 Å². The van der Waals surface area contributed by atoms with Crippen LogP contribution in [-0.4, -0.2) is 48.8 Å². The van der Waals surface area contributed by atoms with Gasteiger partial charge in [0.15, 0.2) is 11.5 Å². The summed E-state index contributed by atoms with van der Waals surface area (Å²) in [5, 5.41) is 12.6. The minimum Gasteiger partial charge on any atom is -0.497 e. The molecule has 0 saturated heterocycles. The Bertz CT molecular complexity index is 1210. The van der Waals surface area contributed by atoms with Crippen LogP contribution >= 0.6 is 11.8 Å². The summed E-state index contributed by atoms with van der Waals surface area (Å²) < 4.78 is 32.3. The van der Waals surface area contributed by atoms with Gasteiger partial charge in [-0.1, -0.05) is 16.9 Å². The number of benzene rings is 2. The van der Waals surface area contributed by atoms with Crippen molar-refractivity contribution in [1.29, 1.82) is 0 Å². The summed E-state index contributed by atoms with van der Waals surface area (Å²) >= 11 is 1.29. The second kappa shape index (κ2) is 9.60. The smallest absolute Gasteiger partial charge is 0.277 e. The van der Waals surface area contributed by atoms with Crippen LogP contribution < -0.4 is 18.9 Å². The molecule has 2 heterocycles. The predicted molar refractivity (Wildman–Crippen MR) is 115 cm³/mol. The van der Waals surface area contributed by atoms with E-state index >= 15 is 0 Å². The number of nitrogens with zero attached hydrogens (tertiary/aromatic N) is 4. The molecule has 2 aromatic heterocycles. The van der Waals surface area contributed by atoms with E-state index in [1.54, 1.807) is 58.8 Å².